The third kappa shape index (κ3) is 2.08. The lowest BCUT2D eigenvalue weighted by atomic mass is 10.1. The highest BCUT2D eigenvalue weighted by Gasteiger charge is 2.10. The van der Waals surface area contributed by atoms with E-state index in [0.29, 0.717) is 17.3 Å². The molecular formula is C11H11ClFN3. The van der Waals surface area contributed by atoms with Gasteiger partial charge in [-0.2, -0.15) is 5.10 Å². The summed E-state index contributed by atoms with van der Waals surface area (Å²) >= 11 is 5.77. The Kier molecular flexibility index (Phi) is 3.22. The van der Waals surface area contributed by atoms with Crippen molar-refractivity contribution in [3.63, 3.8) is 0 Å². The highest BCUT2D eigenvalue weighted by molar-refractivity contribution is 6.30. The molecule has 1 N–H and O–H groups in total. The minimum absolute atomic E-state index is 0.312. The molecule has 84 valence electrons. The molecule has 0 aliphatic carbocycles. The van der Waals surface area contributed by atoms with Gasteiger partial charge in [0, 0.05) is 12.7 Å². The minimum Gasteiger partial charge on any atom is -0.316 e. The average Bonchev–Trinajstić information content (AvgIpc) is 2.65. The van der Waals surface area contributed by atoms with E-state index in [2.05, 4.69) is 10.4 Å². The van der Waals surface area contributed by atoms with E-state index in [1.54, 1.807) is 12.3 Å². The van der Waals surface area contributed by atoms with E-state index in [-0.39, 0.29) is 5.82 Å². The zero-order valence-electron chi connectivity index (χ0n) is 8.74. The molecule has 0 aliphatic rings. The molecule has 2 rings (SSSR count). The first kappa shape index (κ1) is 11.1. The van der Waals surface area contributed by atoms with Gasteiger partial charge in [-0.05, 0) is 18.7 Å². The molecule has 0 bridgehead atoms. The van der Waals surface area contributed by atoms with Crippen LogP contribution in [0.15, 0.2) is 30.6 Å². The summed E-state index contributed by atoms with van der Waals surface area (Å²) in [7, 11) is 1.81. The lowest BCUT2D eigenvalue weighted by Gasteiger charge is -2.09. The molecule has 0 radical (unpaired) electrons. The van der Waals surface area contributed by atoms with Crippen molar-refractivity contribution >= 4 is 11.6 Å². The molecule has 0 amide bonds. The van der Waals surface area contributed by atoms with Crippen molar-refractivity contribution in [3.8, 4) is 5.69 Å². The number of para-hydroxylation sites is 1. The molecule has 1 aromatic heterocycles. The van der Waals surface area contributed by atoms with Gasteiger partial charge in [0.1, 0.15) is 11.5 Å². The standard InChI is InChI=1S/C11H11ClFN3/c1-14-5-8-3-2-4-10(13)11(8)16-7-9(12)6-15-16/h2-4,6-7,14H,5H2,1H3. The molecule has 16 heavy (non-hydrogen) atoms. The van der Waals surface area contributed by atoms with Gasteiger partial charge in [0.25, 0.3) is 0 Å². The van der Waals surface area contributed by atoms with Gasteiger partial charge in [-0.15, -0.1) is 0 Å². The molecule has 0 fully saturated rings. The molecule has 0 saturated carbocycles. The molecule has 1 aromatic carbocycles. The fourth-order valence-electron chi connectivity index (χ4n) is 1.57. The second kappa shape index (κ2) is 4.63. The summed E-state index contributed by atoms with van der Waals surface area (Å²) < 4.78 is 15.2. The Hall–Kier alpha value is -1.39. The van der Waals surface area contributed by atoms with E-state index in [1.807, 2.05) is 13.1 Å². The van der Waals surface area contributed by atoms with Crippen molar-refractivity contribution in [1.29, 1.82) is 0 Å². The SMILES string of the molecule is CNCc1cccc(F)c1-n1cc(Cl)cn1. The Morgan fingerprint density at radius 1 is 1.50 bits per heavy atom. The largest absolute Gasteiger partial charge is 0.316 e. The van der Waals surface area contributed by atoms with Crippen molar-refractivity contribution < 1.29 is 4.39 Å². The summed E-state index contributed by atoms with van der Waals surface area (Å²) in [5, 5.41) is 7.48. The molecule has 0 unspecified atom stereocenters. The number of benzene rings is 1. The Morgan fingerprint density at radius 3 is 2.94 bits per heavy atom. The number of halogens is 2. The maximum atomic E-state index is 13.7. The van der Waals surface area contributed by atoms with Crippen molar-refractivity contribution in [1.82, 2.24) is 15.1 Å². The molecule has 1 heterocycles. The third-order valence-electron chi connectivity index (χ3n) is 2.22. The zero-order chi connectivity index (χ0) is 11.5. The number of hydrogen-bond donors (Lipinski definition) is 1. The van der Waals surface area contributed by atoms with E-state index in [0.717, 1.165) is 5.56 Å². The summed E-state index contributed by atoms with van der Waals surface area (Å²) in [6, 6.07) is 4.94. The summed E-state index contributed by atoms with van der Waals surface area (Å²) in [5.41, 5.74) is 1.27. The van der Waals surface area contributed by atoms with Crippen LogP contribution in [0.3, 0.4) is 0 Å². The van der Waals surface area contributed by atoms with E-state index >= 15 is 0 Å². The van der Waals surface area contributed by atoms with E-state index in [9.17, 15) is 4.39 Å². The summed E-state index contributed by atoms with van der Waals surface area (Å²) in [6.45, 7) is 0.574. The van der Waals surface area contributed by atoms with Gasteiger partial charge in [-0.3, -0.25) is 0 Å². The van der Waals surface area contributed by atoms with Gasteiger partial charge in [-0.25, -0.2) is 9.07 Å². The maximum absolute atomic E-state index is 13.7. The Labute approximate surface area is 97.8 Å². The first-order chi connectivity index (χ1) is 7.72. The van der Waals surface area contributed by atoms with Gasteiger partial charge < -0.3 is 5.32 Å². The minimum atomic E-state index is -0.312. The van der Waals surface area contributed by atoms with Crippen LogP contribution in [0.5, 0.6) is 0 Å². The Balaban J connectivity index is 2.53. The molecule has 3 nitrogen and oxygen atoms in total. The molecular weight excluding hydrogens is 229 g/mol. The van der Waals surface area contributed by atoms with E-state index < -0.39 is 0 Å². The van der Waals surface area contributed by atoms with Gasteiger partial charge >= 0.3 is 0 Å². The first-order valence-corrected chi connectivity index (χ1v) is 5.22. The number of nitrogens with zero attached hydrogens (tertiary/aromatic N) is 2. The van der Waals surface area contributed by atoms with Crippen LogP contribution in [0.2, 0.25) is 5.02 Å². The second-order valence-electron chi connectivity index (χ2n) is 3.38. The average molecular weight is 240 g/mol. The predicted molar refractivity (Wildman–Crippen MR) is 61.3 cm³/mol. The normalized spacial score (nSPS) is 10.7. The second-order valence-corrected chi connectivity index (χ2v) is 3.82. The van der Waals surface area contributed by atoms with Gasteiger partial charge in [-0.1, -0.05) is 23.7 Å². The lowest BCUT2D eigenvalue weighted by Crippen LogP contribution is -2.10. The monoisotopic (exact) mass is 239 g/mol. The van der Waals surface area contributed by atoms with Crippen LogP contribution < -0.4 is 5.32 Å². The molecule has 5 heteroatoms. The Bertz CT molecular complexity index is 496. The Morgan fingerprint density at radius 2 is 2.31 bits per heavy atom. The highest BCUT2D eigenvalue weighted by Crippen LogP contribution is 2.19. The number of nitrogens with one attached hydrogen (secondary N) is 1. The third-order valence-corrected chi connectivity index (χ3v) is 2.41. The van der Waals surface area contributed by atoms with E-state index in [1.165, 1.54) is 16.9 Å². The van der Waals surface area contributed by atoms with Crippen LogP contribution in [0.1, 0.15) is 5.56 Å². The fourth-order valence-corrected chi connectivity index (χ4v) is 1.71. The summed E-state index contributed by atoms with van der Waals surface area (Å²) in [4.78, 5) is 0. The summed E-state index contributed by atoms with van der Waals surface area (Å²) in [5.74, 6) is -0.312. The van der Waals surface area contributed by atoms with Gasteiger partial charge in [0.05, 0.1) is 11.2 Å². The van der Waals surface area contributed by atoms with Crippen molar-refractivity contribution in [2.24, 2.45) is 0 Å². The maximum Gasteiger partial charge on any atom is 0.149 e. The summed E-state index contributed by atoms with van der Waals surface area (Å²) in [6.07, 6.45) is 3.07. The highest BCUT2D eigenvalue weighted by atomic mass is 35.5. The van der Waals surface area contributed by atoms with Crippen LogP contribution in [-0.4, -0.2) is 16.8 Å². The first-order valence-electron chi connectivity index (χ1n) is 4.85. The quantitative estimate of drug-likeness (QED) is 0.891. The predicted octanol–water partition coefficient (Wildman–Crippen LogP) is 2.38. The molecule has 0 aliphatic heterocycles. The van der Waals surface area contributed by atoms with Crippen LogP contribution in [0, 0.1) is 5.82 Å². The number of aromatic nitrogens is 2. The van der Waals surface area contributed by atoms with Crippen molar-refractivity contribution in [3.05, 3.63) is 47.0 Å². The van der Waals surface area contributed by atoms with Crippen LogP contribution in [0.25, 0.3) is 5.69 Å². The van der Waals surface area contributed by atoms with Crippen molar-refractivity contribution in [2.75, 3.05) is 7.05 Å². The van der Waals surface area contributed by atoms with Crippen LogP contribution in [-0.2, 0) is 6.54 Å². The molecule has 2 aromatic rings. The van der Waals surface area contributed by atoms with Gasteiger partial charge in [0.2, 0.25) is 0 Å². The fraction of sp³-hybridized carbons (Fsp3) is 0.182. The number of rotatable bonds is 3. The molecule has 0 saturated heterocycles. The van der Waals surface area contributed by atoms with Crippen molar-refractivity contribution in [2.45, 2.75) is 6.54 Å². The zero-order valence-corrected chi connectivity index (χ0v) is 9.50. The van der Waals surface area contributed by atoms with E-state index in [4.69, 9.17) is 11.6 Å². The van der Waals surface area contributed by atoms with Gasteiger partial charge in [0.15, 0.2) is 0 Å². The topological polar surface area (TPSA) is 29.9 Å². The number of hydrogen-bond acceptors (Lipinski definition) is 2. The smallest absolute Gasteiger partial charge is 0.149 e. The van der Waals surface area contributed by atoms with Crippen LogP contribution >= 0.6 is 11.6 Å². The molecule has 0 spiro atoms. The van der Waals surface area contributed by atoms with Crippen LogP contribution in [0.4, 0.5) is 4.39 Å². The lowest BCUT2D eigenvalue weighted by molar-refractivity contribution is 0.605. The molecule has 0 atom stereocenters.